The molecule has 2 fully saturated rings. The normalized spacial score (nSPS) is 20.7. The van der Waals surface area contributed by atoms with Crippen LogP contribution in [0.3, 0.4) is 0 Å². The molecule has 1 aromatic heterocycles. The predicted octanol–water partition coefficient (Wildman–Crippen LogP) is 1.63. The van der Waals surface area contributed by atoms with Gasteiger partial charge >= 0.3 is 0 Å². The second-order valence-corrected chi connectivity index (χ2v) is 9.09. The molecule has 0 saturated carbocycles. The van der Waals surface area contributed by atoms with Crippen molar-refractivity contribution >= 4 is 29.9 Å². The van der Waals surface area contributed by atoms with E-state index in [1.807, 2.05) is 15.7 Å². The van der Waals surface area contributed by atoms with E-state index < -0.39 is 11.7 Å². The van der Waals surface area contributed by atoms with E-state index in [1.54, 1.807) is 36.4 Å². The molecule has 1 spiro atoms. The number of aromatic nitrogens is 2. The second kappa shape index (κ2) is 11.3. The van der Waals surface area contributed by atoms with Crippen LogP contribution >= 0.6 is 11.6 Å². The molecule has 194 valence electrons. The van der Waals surface area contributed by atoms with Crippen LogP contribution in [-0.2, 0) is 31.2 Å². The zero-order valence-corrected chi connectivity index (χ0v) is 20.7. The monoisotopic (exact) mass is 520 g/mol. The Morgan fingerprint density at radius 1 is 1.19 bits per heavy atom. The van der Waals surface area contributed by atoms with Crippen molar-refractivity contribution in [2.75, 3.05) is 46.5 Å². The number of halogens is 1. The van der Waals surface area contributed by atoms with Gasteiger partial charge in [0.15, 0.2) is 6.10 Å². The number of likely N-dealkylation sites (tertiary alicyclic amines) is 1. The topological polar surface area (TPSA) is 123 Å². The molecule has 1 atom stereocenters. The lowest BCUT2D eigenvalue weighted by molar-refractivity contribution is -0.182. The fourth-order valence-electron chi connectivity index (χ4n) is 4.89. The lowest BCUT2D eigenvalue weighted by atomic mass is 9.88. The highest BCUT2D eigenvalue weighted by Gasteiger charge is 2.48. The third-order valence-corrected chi connectivity index (χ3v) is 7.04. The maximum atomic E-state index is 13.2. The number of carbonyl (C=O) groups excluding carboxylic acids is 2. The maximum Gasteiger partial charge on any atom is 0.290 e. The van der Waals surface area contributed by atoms with Gasteiger partial charge in [-0.1, -0.05) is 11.6 Å². The first-order valence-electron chi connectivity index (χ1n) is 11.7. The standard InChI is InChI=1S/C23H27ClN4O5.CH2O2/c1-31-16-2-3-18(24)17(14-16)20(29)26-7-4-23(5-8-26)22-25-6-9-28(22)15-19(33-23)21(30)27-10-12-32-13-11-27;2-1-3/h2-3,6,9,14,19H,4-5,7-8,10-13,15H2,1H3;1H,(H,2,3). The molecular weight excluding hydrogens is 492 g/mol. The van der Waals surface area contributed by atoms with Crippen LogP contribution in [0, 0.1) is 0 Å². The SMILES string of the molecule is COc1ccc(Cl)c(C(=O)N2CCC3(CC2)OC(C(=O)N2CCOCC2)Cn2ccnc23)c1.O=CO. The van der Waals surface area contributed by atoms with E-state index in [9.17, 15) is 9.59 Å². The molecule has 3 aliphatic rings. The average Bonchev–Trinajstić information content (AvgIpc) is 3.39. The molecule has 0 radical (unpaired) electrons. The van der Waals surface area contributed by atoms with Crippen molar-refractivity contribution in [2.45, 2.75) is 31.1 Å². The summed E-state index contributed by atoms with van der Waals surface area (Å²) >= 11 is 6.30. The highest BCUT2D eigenvalue weighted by Crippen LogP contribution is 2.41. The quantitative estimate of drug-likeness (QED) is 0.606. The van der Waals surface area contributed by atoms with Crippen molar-refractivity contribution < 1.29 is 33.7 Å². The summed E-state index contributed by atoms with van der Waals surface area (Å²) in [5.74, 6) is 1.24. The first kappa shape index (κ1) is 25.9. The Bertz CT molecular complexity index is 1090. The van der Waals surface area contributed by atoms with Crippen LogP contribution in [-0.4, -0.2) is 95.4 Å². The number of carbonyl (C=O) groups is 3. The molecule has 12 heteroatoms. The number of fused-ring (bicyclic) bond motifs is 2. The number of amides is 2. The highest BCUT2D eigenvalue weighted by molar-refractivity contribution is 6.33. The number of piperidine rings is 1. The molecule has 1 N–H and O–H groups in total. The van der Waals surface area contributed by atoms with Gasteiger partial charge in [0.05, 0.1) is 37.5 Å². The predicted molar refractivity (Wildman–Crippen MR) is 128 cm³/mol. The zero-order valence-electron chi connectivity index (χ0n) is 20.0. The van der Waals surface area contributed by atoms with Crippen molar-refractivity contribution in [3.05, 3.63) is 47.0 Å². The maximum absolute atomic E-state index is 13.2. The molecule has 2 saturated heterocycles. The van der Waals surface area contributed by atoms with Gasteiger partial charge in [-0.15, -0.1) is 0 Å². The van der Waals surface area contributed by atoms with Crippen LogP contribution in [0.1, 0.15) is 29.0 Å². The Kier molecular flexibility index (Phi) is 8.12. The summed E-state index contributed by atoms with van der Waals surface area (Å²) in [7, 11) is 1.55. The van der Waals surface area contributed by atoms with E-state index in [-0.39, 0.29) is 18.3 Å². The molecule has 11 nitrogen and oxygen atoms in total. The van der Waals surface area contributed by atoms with Gasteiger partial charge in [0.25, 0.3) is 18.3 Å². The summed E-state index contributed by atoms with van der Waals surface area (Å²) in [4.78, 5) is 42.9. The summed E-state index contributed by atoms with van der Waals surface area (Å²) in [6.07, 6.45) is 4.15. The van der Waals surface area contributed by atoms with Gasteiger partial charge in [-0.3, -0.25) is 14.4 Å². The summed E-state index contributed by atoms with van der Waals surface area (Å²) in [5.41, 5.74) is -0.290. The van der Waals surface area contributed by atoms with Gasteiger partial charge in [0.1, 0.15) is 17.2 Å². The summed E-state index contributed by atoms with van der Waals surface area (Å²) in [6.45, 7) is 3.37. The van der Waals surface area contributed by atoms with E-state index >= 15 is 0 Å². The number of methoxy groups -OCH3 is 1. The average molecular weight is 521 g/mol. The van der Waals surface area contributed by atoms with Crippen molar-refractivity contribution in [1.29, 1.82) is 0 Å². The third-order valence-electron chi connectivity index (χ3n) is 6.71. The molecule has 3 aliphatic heterocycles. The van der Waals surface area contributed by atoms with Crippen LogP contribution in [0.4, 0.5) is 0 Å². The van der Waals surface area contributed by atoms with Crippen molar-refractivity contribution in [3.8, 4) is 5.75 Å². The summed E-state index contributed by atoms with van der Waals surface area (Å²) in [5, 5.41) is 7.28. The van der Waals surface area contributed by atoms with Crippen molar-refractivity contribution in [3.63, 3.8) is 0 Å². The van der Waals surface area contributed by atoms with Crippen molar-refractivity contribution in [1.82, 2.24) is 19.4 Å². The molecule has 1 aromatic carbocycles. The molecule has 1 unspecified atom stereocenters. The number of hydrogen-bond donors (Lipinski definition) is 1. The molecule has 36 heavy (non-hydrogen) atoms. The van der Waals surface area contributed by atoms with Gasteiger partial charge < -0.3 is 33.7 Å². The number of ether oxygens (including phenoxy) is 3. The zero-order chi connectivity index (χ0) is 25.7. The van der Waals surface area contributed by atoms with E-state index in [0.29, 0.717) is 75.1 Å². The minimum atomic E-state index is -0.705. The molecule has 5 rings (SSSR count). The third kappa shape index (κ3) is 5.18. The van der Waals surface area contributed by atoms with Crippen LogP contribution in [0.15, 0.2) is 30.6 Å². The second-order valence-electron chi connectivity index (χ2n) is 8.69. The molecule has 0 aliphatic carbocycles. The van der Waals surface area contributed by atoms with Crippen LogP contribution in [0.25, 0.3) is 0 Å². The van der Waals surface area contributed by atoms with Crippen LogP contribution in [0.2, 0.25) is 5.02 Å². The van der Waals surface area contributed by atoms with E-state index in [0.717, 1.165) is 5.82 Å². The number of benzene rings is 1. The fraction of sp³-hybridized carbons (Fsp3) is 0.500. The number of rotatable bonds is 3. The summed E-state index contributed by atoms with van der Waals surface area (Å²) in [6, 6.07) is 5.06. The van der Waals surface area contributed by atoms with Gasteiger partial charge in [-0.05, 0) is 18.2 Å². The number of imidazole rings is 1. The Hall–Kier alpha value is -3.15. The minimum absolute atomic E-state index is 0.0151. The Morgan fingerprint density at radius 3 is 2.56 bits per heavy atom. The summed E-state index contributed by atoms with van der Waals surface area (Å²) < 4.78 is 19.2. The number of carboxylic acid groups (broad SMARTS) is 1. The number of morpholine rings is 1. The number of hydrogen-bond acceptors (Lipinski definition) is 7. The van der Waals surface area contributed by atoms with Crippen molar-refractivity contribution in [2.24, 2.45) is 0 Å². The largest absolute Gasteiger partial charge is 0.497 e. The van der Waals surface area contributed by atoms with Gasteiger partial charge in [-0.2, -0.15) is 0 Å². The fourth-order valence-corrected chi connectivity index (χ4v) is 5.09. The molecule has 4 heterocycles. The minimum Gasteiger partial charge on any atom is -0.497 e. The Labute approximate surface area is 213 Å². The lowest BCUT2D eigenvalue weighted by Gasteiger charge is -2.46. The van der Waals surface area contributed by atoms with Gasteiger partial charge in [-0.25, -0.2) is 4.98 Å². The Morgan fingerprint density at radius 2 is 1.89 bits per heavy atom. The molecule has 2 aromatic rings. The van der Waals surface area contributed by atoms with E-state index in [1.165, 1.54) is 0 Å². The first-order valence-corrected chi connectivity index (χ1v) is 12.1. The first-order chi connectivity index (χ1) is 17.4. The van der Waals surface area contributed by atoms with Gasteiger partial charge in [0, 0.05) is 51.4 Å². The molecular formula is C24H29ClN4O7. The van der Waals surface area contributed by atoms with E-state index in [4.69, 9.17) is 35.7 Å². The van der Waals surface area contributed by atoms with Gasteiger partial charge in [0.2, 0.25) is 0 Å². The Balaban J connectivity index is 0.000000967. The van der Waals surface area contributed by atoms with E-state index in [2.05, 4.69) is 4.98 Å². The smallest absolute Gasteiger partial charge is 0.290 e. The van der Waals surface area contributed by atoms with Crippen LogP contribution in [0.5, 0.6) is 5.75 Å². The number of nitrogens with zero attached hydrogens (tertiary/aromatic N) is 4. The highest BCUT2D eigenvalue weighted by atomic mass is 35.5. The lowest BCUT2D eigenvalue weighted by Crippen LogP contribution is -2.56. The molecule has 0 bridgehead atoms. The molecule has 2 amide bonds. The van der Waals surface area contributed by atoms with Crippen LogP contribution < -0.4 is 4.74 Å².